The van der Waals surface area contributed by atoms with Crippen molar-refractivity contribution in [2.45, 2.75) is 46.5 Å². The number of hydrogen-bond donors (Lipinski definition) is 3. The lowest BCUT2D eigenvalue weighted by Crippen LogP contribution is -2.28. The number of aromatic amines is 1. The normalized spacial score (nSPS) is 15.5. The zero-order chi connectivity index (χ0) is 14.6. The van der Waals surface area contributed by atoms with E-state index >= 15 is 0 Å². The van der Waals surface area contributed by atoms with Crippen LogP contribution in [0.15, 0.2) is 0 Å². The fraction of sp³-hybridized carbons (Fsp3) is 0.533. The predicted octanol–water partition coefficient (Wildman–Crippen LogP) is 1.58. The maximum atomic E-state index is 11.4. The quantitative estimate of drug-likeness (QED) is 0.756. The Morgan fingerprint density at radius 3 is 2.47 bits per heavy atom. The topological polar surface area (TPSA) is 73.3 Å². The molecule has 0 fully saturated rings. The van der Waals surface area contributed by atoms with Gasteiger partial charge in [0.05, 0.1) is 6.61 Å². The summed E-state index contributed by atoms with van der Waals surface area (Å²) in [5.74, 6) is -0.809. The largest absolute Gasteiger partial charge is 0.477 e. The summed E-state index contributed by atoms with van der Waals surface area (Å²) in [6.45, 7) is 7.96. The first-order valence-corrected chi connectivity index (χ1v) is 6.73. The molecule has 0 spiro atoms. The van der Waals surface area contributed by atoms with E-state index in [1.165, 1.54) is 0 Å². The molecule has 4 nitrogen and oxygen atoms in total. The number of aromatic nitrogens is 1. The van der Waals surface area contributed by atoms with Crippen LogP contribution in [0.5, 0.6) is 0 Å². The minimum Gasteiger partial charge on any atom is -0.477 e. The monoisotopic (exact) mass is 265 g/mol. The van der Waals surface area contributed by atoms with E-state index < -0.39 is 5.97 Å². The number of nitrogens with one attached hydrogen (secondary N) is 1. The molecule has 1 atom stereocenters. The molecule has 0 saturated heterocycles. The highest BCUT2D eigenvalue weighted by Gasteiger charge is 2.19. The Hall–Kier alpha value is -1.55. The van der Waals surface area contributed by atoms with Gasteiger partial charge in [-0.25, -0.2) is 4.79 Å². The molecule has 1 heterocycles. The molecule has 19 heavy (non-hydrogen) atoms. The van der Waals surface area contributed by atoms with Crippen LogP contribution in [0, 0.1) is 0 Å². The van der Waals surface area contributed by atoms with E-state index in [-0.39, 0.29) is 18.2 Å². The average molecular weight is 265 g/mol. The van der Waals surface area contributed by atoms with E-state index in [0.29, 0.717) is 0 Å². The molecular weight excluding hydrogens is 242 g/mol. The van der Waals surface area contributed by atoms with E-state index in [0.717, 1.165) is 34.5 Å². The van der Waals surface area contributed by atoms with Gasteiger partial charge < -0.3 is 15.2 Å². The van der Waals surface area contributed by atoms with Gasteiger partial charge in [0.15, 0.2) is 0 Å². The minimum absolute atomic E-state index is 0.0929. The summed E-state index contributed by atoms with van der Waals surface area (Å²) >= 11 is 0. The van der Waals surface area contributed by atoms with Crippen molar-refractivity contribution >= 4 is 17.6 Å². The van der Waals surface area contributed by atoms with Crippen molar-refractivity contribution in [2.75, 3.05) is 6.61 Å². The highest BCUT2D eigenvalue weighted by Crippen LogP contribution is 2.17. The van der Waals surface area contributed by atoms with Gasteiger partial charge in [0.1, 0.15) is 5.69 Å². The van der Waals surface area contributed by atoms with Crippen LogP contribution in [0.1, 0.15) is 62.5 Å². The number of aliphatic hydroxyl groups excluding tert-OH is 1. The lowest BCUT2D eigenvalue weighted by Gasteiger charge is -2.08. The molecule has 0 bridgehead atoms. The van der Waals surface area contributed by atoms with Crippen molar-refractivity contribution in [1.29, 1.82) is 0 Å². The lowest BCUT2D eigenvalue weighted by atomic mass is 9.96. The van der Waals surface area contributed by atoms with Gasteiger partial charge in [0, 0.05) is 10.6 Å². The summed E-state index contributed by atoms with van der Waals surface area (Å²) in [5, 5.41) is 20.2. The second kappa shape index (κ2) is 6.57. The number of aliphatic hydroxyl groups is 1. The third-order valence-electron chi connectivity index (χ3n) is 3.65. The van der Waals surface area contributed by atoms with E-state index in [2.05, 4.69) is 4.98 Å². The van der Waals surface area contributed by atoms with Gasteiger partial charge >= 0.3 is 5.97 Å². The SMILES string of the molecule is CCC(C)=c1[nH]c(C(=O)O)c(C(C)CC)c1=CCO. The van der Waals surface area contributed by atoms with Crippen molar-refractivity contribution in [1.82, 2.24) is 4.98 Å². The van der Waals surface area contributed by atoms with Crippen molar-refractivity contribution in [2.24, 2.45) is 0 Å². The fourth-order valence-corrected chi connectivity index (χ4v) is 2.23. The minimum atomic E-state index is -0.946. The molecular formula is C15H23NO3. The van der Waals surface area contributed by atoms with E-state index in [1.807, 2.05) is 27.7 Å². The van der Waals surface area contributed by atoms with Crippen LogP contribution in [0.25, 0.3) is 11.6 Å². The summed E-state index contributed by atoms with van der Waals surface area (Å²) in [5.41, 5.74) is 2.14. The van der Waals surface area contributed by atoms with E-state index in [1.54, 1.807) is 6.08 Å². The molecule has 0 aliphatic rings. The van der Waals surface area contributed by atoms with Gasteiger partial charge in [-0.05, 0) is 42.9 Å². The van der Waals surface area contributed by atoms with Gasteiger partial charge in [-0.3, -0.25) is 0 Å². The molecule has 0 aromatic carbocycles. The molecule has 0 aliphatic carbocycles. The summed E-state index contributed by atoms with van der Waals surface area (Å²) in [7, 11) is 0. The van der Waals surface area contributed by atoms with E-state index in [4.69, 9.17) is 0 Å². The van der Waals surface area contributed by atoms with Crippen molar-refractivity contribution in [3.05, 3.63) is 21.8 Å². The Bertz CT molecular complexity index is 569. The van der Waals surface area contributed by atoms with Gasteiger partial charge in [-0.1, -0.05) is 20.8 Å². The zero-order valence-corrected chi connectivity index (χ0v) is 12.1. The number of rotatable bonds is 5. The Morgan fingerprint density at radius 1 is 1.42 bits per heavy atom. The standard InChI is InChI=1S/C15H23NO3/c1-5-9(3)12-11(7-8-17)13(10(4)6-2)16-14(12)15(18)19/h7,9,16-17H,5-6,8H2,1-4H3,(H,18,19). The van der Waals surface area contributed by atoms with Crippen LogP contribution in [-0.4, -0.2) is 27.8 Å². The van der Waals surface area contributed by atoms with Gasteiger partial charge in [0.2, 0.25) is 0 Å². The number of carboxylic acids is 1. The first-order chi connectivity index (χ1) is 8.97. The van der Waals surface area contributed by atoms with Gasteiger partial charge in [-0.2, -0.15) is 0 Å². The van der Waals surface area contributed by atoms with Crippen LogP contribution in [-0.2, 0) is 0 Å². The summed E-state index contributed by atoms with van der Waals surface area (Å²) in [6, 6.07) is 0. The fourth-order valence-electron chi connectivity index (χ4n) is 2.23. The second-order valence-corrected chi connectivity index (χ2v) is 4.84. The molecule has 1 unspecified atom stereocenters. The van der Waals surface area contributed by atoms with Crippen LogP contribution in [0.3, 0.4) is 0 Å². The van der Waals surface area contributed by atoms with Gasteiger partial charge in [0.25, 0.3) is 0 Å². The molecule has 1 rings (SSSR count). The molecule has 1 aromatic heterocycles. The summed E-state index contributed by atoms with van der Waals surface area (Å²) < 4.78 is 0. The van der Waals surface area contributed by atoms with Crippen molar-refractivity contribution in [3.63, 3.8) is 0 Å². The van der Waals surface area contributed by atoms with Crippen LogP contribution in [0.4, 0.5) is 0 Å². The van der Waals surface area contributed by atoms with Crippen LogP contribution >= 0.6 is 0 Å². The maximum Gasteiger partial charge on any atom is 0.352 e. The number of carbonyl (C=O) groups is 1. The second-order valence-electron chi connectivity index (χ2n) is 4.84. The highest BCUT2D eigenvalue weighted by atomic mass is 16.4. The Balaban J connectivity index is 3.82. The Labute approximate surface area is 113 Å². The van der Waals surface area contributed by atoms with E-state index in [9.17, 15) is 15.0 Å². The molecule has 106 valence electrons. The first kappa shape index (κ1) is 15.5. The molecule has 0 aliphatic heterocycles. The summed E-state index contributed by atoms with van der Waals surface area (Å²) in [6.07, 6.45) is 3.39. The number of carboxylic acid groups (broad SMARTS) is 1. The molecule has 0 saturated carbocycles. The maximum absolute atomic E-state index is 11.4. The van der Waals surface area contributed by atoms with Crippen LogP contribution < -0.4 is 10.6 Å². The highest BCUT2D eigenvalue weighted by molar-refractivity contribution is 5.88. The number of aromatic carboxylic acids is 1. The van der Waals surface area contributed by atoms with Crippen LogP contribution in [0.2, 0.25) is 0 Å². The smallest absolute Gasteiger partial charge is 0.352 e. The Morgan fingerprint density at radius 2 is 2.05 bits per heavy atom. The average Bonchev–Trinajstić information content (AvgIpc) is 2.77. The predicted molar refractivity (Wildman–Crippen MR) is 76.6 cm³/mol. The first-order valence-electron chi connectivity index (χ1n) is 6.73. The van der Waals surface area contributed by atoms with Gasteiger partial charge in [-0.15, -0.1) is 0 Å². The molecule has 4 heteroatoms. The molecule has 0 amide bonds. The third kappa shape index (κ3) is 3.07. The van der Waals surface area contributed by atoms with Crippen molar-refractivity contribution in [3.8, 4) is 0 Å². The molecule has 0 radical (unpaired) electrons. The lowest BCUT2D eigenvalue weighted by molar-refractivity contribution is 0.0689. The van der Waals surface area contributed by atoms with Crippen molar-refractivity contribution < 1.29 is 15.0 Å². The molecule has 1 aromatic rings. The number of H-pyrrole nitrogens is 1. The summed E-state index contributed by atoms with van der Waals surface area (Å²) in [4.78, 5) is 14.4. The number of hydrogen-bond acceptors (Lipinski definition) is 2. The third-order valence-corrected chi connectivity index (χ3v) is 3.65. The Kier molecular flexibility index (Phi) is 5.36. The zero-order valence-electron chi connectivity index (χ0n) is 12.1. The molecule has 3 N–H and O–H groups in total.